The summed E-state index contributed by atoms with van der Waals surface area (Å²) >= 11 is 0. The molecule has 1 aromatic rings. The number of hydrogen-bond donors (Lipinski definition) is 1. The second-order valence-corrected chi connectivity index (χ2v) is 8.00. The van der Waals surface area contributed by atoms with Crippen molar-refractivity contribution in [3.8, 4) is 0 Å². The summed E-state index contributed by atoms with van der Waals surface area (Å²) in [7, 11) is 6.23. The minimum atomic E-state index is -0.0383. The van der Waals surface area contributed by atoms with Crippen LogP contribution in [0.2, 0.25) is 0 Å². The highest BCUT2D eigenvalue weighted by molar-refractivity contribution is 5.94. The number of likely N-dealkylation sites (tertiary alicyclic amines) is 1. The molecule has 26 heavy (non-hydrogen) atoms. The van der Waals surface area contributed by atoms with Crippen molar-refractivity contribution in [1.29, 1.82) is 0 Å². The number of aromatic nitrogens is 2. The number of rotatable bonds is 5. The number of piperidine rings is 1. The topological polar surface area (TPSA) is 64.7 Å². The molecule has 0 radical (unpaired) electrons. The SMILES string of the molecule is C[C@@H]1Cc2c(C(=O)N(C)CCN(C)C3CCN(C)CC3)n[nH]c2[C@H](C)O1. The molecule has 3 rings (SSSR count). The van der Waals surface area contributed by atoms with Gasteiger partial charge in [0.25, 0.3) is 5.91 Å². The van der Waals surface area contributed by atoms with Gasteiger partial charge in [-0.15, -0.1) is 0 Å². The van der Waals surface area contributed by atoms with Crippen LogP contribution in [0, 0.1) is 0 Å². The monoisotopic (exact) mass is 363 g/mol. The number of likely N-dealkylation sites (N-methyl/N-ethyl adjacent to an activating group) is 2. The lowest BCUT2D eigenvalue weighted by molar-refractivity contribution is -0.00701. The normalized spacial score (nSPS) is 24.7. The number of H-pyrrole nitrogens is 1. The zero-order chi connectivity index (χ0) is 18.8. The lowest BCUT2D eigenvalue weighted by atomic mass is 9.99. The minimum absolute atomic E-state index is 0.000535. The van der Waals surface area contributed by atoms with Crippen LogP contribution in [0.3, 0.4) is 0 Å². The van der Waals surface area contributed by atoms with Crippen molar-refractivity contribution in [2.75, 3.05) is 47.3 Å². The van der Waals surface area contributed by atoms with Crippen LogP contribution >= 0.6 is 0 Å². The zero-order valence-corrected chi connectivity index (χ0v) is 16.8. The maximum absolute atomic E-state index is 12.9. The number of carbonyl (C=O) groups excluding carboxylic acids is 1. The Morgan fingerprint density at radius 3 is 2.65 bits per heavy atom. The molecule has 0 unspecified atom stereocenters. The van der Waals surface area contributed by atoms with E-state index >= 15 is 0 Å². The van der Waals surface area contributed by atoms with Gasteiger partial charge >= 0.3 is 0 Å². The molecule has 7 nitrogen and oxygen atoms in total. The van der Waals surface area contributed by atoms with E-state index in [0.29, 0.717) is 18.3 Å². The standard InChI is InChI=1S/C19H33N5O2/c1-13-12-16-17(14(2)26-13)20-21-18(16)19(25)24(5)11-10-23(4)15-6-8-22(3)9-7-15/h13-15H,6-12H2,1-5H3,(H,20,21)/t13-,14+/m1/s1. The van der Waals surface area contributed by atoms with Crippen LogP contribution in [0.4, 0.5) is 0 Å². The molecule has 1 fully saturated rings. The molecule has 2 atom stereocenters. The van der Waals surface area contributed by atoms with Gasteiger partial charge in [-0.1, -0.05) is 0 Å². The molecule has 1 N–H and O–H groups in total. The summed E-state index contributed by atoms with van der Waals surface area (Å²) in [5.41, 5.74) is 2.53. The highest BCUT2D eigenvalue weighted by Gasteiger charge is 2.30. The van der Waals surface area contributed by atoms with Crippen LogP contribution < -0.4 is 0 Å². The van der Waals surface area contributed by atoms with E-state index in [-0.39, 0.29) is 18.1 Å². The van der Waals surface area contributed by atoms with Crippen molar-refractivity contribution in [3.05, 3.63) is 17.0 Å². The van der Waals surface area contributed by atoms with Gasteiger partial charge in [0.1, 0.15) is 0 Å². The Kier molecular flexibility index (Phi) is 5.99. The van der Waals surface area contributed by atoms with Gasteiger partial charge < -0.3 is 19.4 Å². The van der Waals surface area contributed by atoms with E-state index in [2.05, 4.69) is 34.1 Å². The molecule has 0 spiro atoms. The van der Waals surface area contributed by atoms with Crippen molar-refractivity contribution in [2.24, 2.45) is 0 Å². The van der Waals surface area contributed by atoms with E-state index in [1.165, 1.54) is 12.8 Å². The molecule has 146 valence electrons. The first-order valence-electron chi connectivity index (χ1n) is 9.73. The van der Waals surface area contributed by atoms with Crippen molar-refractivity contribution in [3.63, 3.8) is 0 Å². The number of nitrogens with one attached hydrogen (secondary N) is 1. The van der Waals surface area contributed by atoms with Crippen LogP contribution in [0.1, 0.15) is 54.5 Å². The highest BCUT2D eigenvalue weighted by atomic mass is 16.5. The predicted molar refractivity (Wildman–Crippen MR) is 101 cm³/mol. The van der Waals surface area contributed by atoms with Crippen molar-refractivity contribution in [2.45, 2.75) is 51.4 Å². The second kappa shape index (κ2) is 8.06. The first-order valence-corrected chi connectivity index (χ1v) is 9.73. The van der Waals surface area contributed by atoms with E-state index < -0.39 is 0 Å². The second-order valence-electron chi connectivity index (χ2n) is 8.00. The Labute approximate surface area is 156 Å². The van der Waals surface area contributed by atoms with Gasteiger partial charge in [0.15, 0.2) is 5.69 Å². The zero-order valence-electron chi connectivity index (χ0n) is 16.8. The fraction of sp³-hybridized carbons (Fsp3) is 0.789. The Morgan fingerprint density at radius 1 is 1.27 bits per heavy atom. The summed E-state index contributed by atoms with van der Waals surface area (Å²) in [4.78, 5) is 19.5. The van der Waals surface area contributed by atoms with Crippen LogP contribution in [0.15, 0.2) is 0 Å². The van der Waals surface area contributed by atoms with Crippen LogP contribution in [0.5, 0.6) is 0 Å². The summed E-state index contributed by atoms with van der Waals surface area (Å²) in [6, 6.07) is 0.617. The number of carbonyl (C=O) groups is 1. The number of hydrogen-bond acceptors (Lipinski definition) is 5. The van der Waals surface area contributed by atoms with Gasteiger partial charge in [0, 0.05) is 38.2 Å². The van der Waals surface area contributed by atoms with Crippen molar-refractivity contribution in [1.82, 2.24) is 24.9 Å². The molecular weight excluding hydrogens is 330 g/mol. The van der Waals surface area contributed by atoms with Crippen LogP contribution in [-0.2, 0) is 11.2 Å². The molecule has 0 aromatic carbocycles. The van der Waals surface area contributed by atoms with Gasteiger partial charge in [-0.3, -0.25) is 9.89 Å². The van der Waals surface area contributed by atoms with Gasteiger partial charge in [-0.2, -0.15) is 5.10 Å². The third-order valence-corrected chi connectivity index (χ3v) is 5.88. The Hall–Kier alpha value is -1.44. The molecule has 0 bridgehead atoms. The Bertz CT molecular complexity index is 623. The average Bonchev–Trinajstić information content (AvgIpc) is 3.03. The number of amides is 1. The minimum Gasteiger partial charge on any atom is -0.369 e. The first kappa shape index (κ1) is 19.3. The summed E-state index contributed by atoms with van der Waals surface area (Å²) in [5.74, 6) is 0.000535. The van der Waals surface area contributed by atoms with Crippen LogP contribution in [-0.4, -0.2) is 90.3 Å². The lowest BCUT2D eigenvalue weighted by Gasteiger charge is -2.35. The number of nitrogens with zero attached hydrogens (tertiary/aromatic N) is 4. The molecule has 0 saturated carbocycles. The summed E-state index contributed by atoms with van der Waals surface area (Å²) < 4.78 is 5.81. The maximum Gasteiger partial charge on any atom is 0.274 e. The third-order valence-electron chi connectivity index (χ3n) is 5.88. The van der Waals surface area contributed by atoms with Crippen molar-refractivity contribution < 1.29 is 9.53 Å². The molecule has 7 heteroatoms. The average molecular weight is 364 g/mol. The van der Waals surface area contributed by atoms with E-state index in [1.54, 1.807) is 4.90 Å². The summed E-state index contributed by atoms with van der Waals surface area (Å²) in [6.07, 6.45) is 3.22. The molecule has 1 aromatic heterocycles. The Morgan fingerprint density at radius 2 is 1.96 bits per heavy atom. The van der Waals surface area contributed by atoms with Gasteiger partial charge in [0.05, 0.1) is 17.9 Å². The molecule has 1 saturated heterocycles. The quantitative estimate of drug-likeness (QED) is 0.859. The van der Waals surface area contributed by atoms with E-state index in [4.69, 9.17) is 4.74 Å². The van der Waals surface area contributed by atoms with Gasteiger partial charge in [0.2, 0.25) is 0 Å². The molecular formula is C19H33N5O2. The van der Waals surface area contributed by atoms with E-state index in [1.807, 2.05) is 20.9 Å². The number of ether oxygens (including phenoxy) is 1. The van der Waals surface area contributed by atoms with E-state index in [9.17, 15) is 4.79 Å². The molecule has 0 aliphatic carbocycles. The third kappa shape index (κ3) is 4.10. The smallest absolute Gasteiger partial charge is 0.274 e. The predicted octanol–water partition coefficient (Wildman–Crippen LogP) is 1.53. The molecule has 2 aliphatic rings. The van der Waals surface area contributed by atoms with Crippen molar-refractivity contribution >= 4 is 5.91 Å². The highest BCUT2D eigenvalue weighted by Crippen LogP contribution is 2.30. The maximum atomic E-state index is 12.9. The fourth-order valence-corrected chi connectivity index (χ4v) is 4.06. The largest absolute Gasteiger partial charge is 0.369 e. The van der Waals surface area contributed by atoms with Gasteiger partial charge in [-0.05, 0) is 53.9 Å². The first-order chi connectivity index (χ1) is 12.4. The van der Waals surface area contributed by atoms with Gasteiger partial charge in [-0.25, -0.2) is 0 Å². The molecule has 3 heterocycles. The molecule has 2 aliphatic heterocycles. The summed E-state index contributed by atoms with van der Waals surface area (Å²) in [6.45, 7) is 7.95. The number of fused-ring (bicyclic) bond motifs is 1. The van der Waals surface area contributed by atoms with Crippen LogP contribution in [0.25, 0.3) is 0 Å². The number of aromatic amines is 1. The fourth-order valence-electron chi connectivity index (χ4n) is 4.06. The Balaban J connectivity index is 1.57. The lowest BCUT2D eigenvalue weighted by Crippen LogP contribution is -2.44. The molecule has 1 amide bonds. The summed E-state index contributed by atoms with van der Waals surface area (Å²) in [5, 5.41) is 7.33. The van der Waals surface area contributed by atoms with E-state index in [0.717, 1.165) is 37.3 Å².